The molecule has 152 valence electrons. The molecule has 1 saturated heterocycles. The third-order valence-corrected chi connectivity index (χ3v) is 5.75. The number of carbonyl (C=O) groups excluding carboxylic acids is 3. The quantitative estimate of drug-likeness (QED) is 0.759. The lowest BCUT2D eigenvalue weighted by Crippen LogP contribution is -2.44. The summed E-state index contributed by atoms with van der Waals surface area (Å²) >= 11 is 0. The number of hydrogen-bond acceptors (Lipinski definition) is 4. The minimum absolute atomic E-state index is 0.110. The molecule has 1 aromatic heterocycles. The van der Waals surface area contributed by atoms with Gasteiger partial charge in [0, 0.05) is 38.3 Å². The molecule has 2 fully saturated rings. The van der Waals surface area contributed by atoms with Gasteiger partial charge in [-0.1, -0.05) is 31.0 Å². The second-order valence-electron chi connectivity index (χ2n) is 7.80. The Balaban J connectivity index is 1.32. The monoisotopic (exact) mass is 395 g/mol. The minimum Gasteiger partial charge on any atom is -0.341 e. The molecular formula is C21H25N5O3. The van der Waals surface area contributed by atoms with Crippen LogP contribution in [0.4, 0.5) is 4.79 Å². The Kier molecular flexibility index (Phi) is 5.08. The lowest BCUT2D eigenvalue weighted by atomic mass is 9.98. The molecule has 2 aliphatic rings. The molecule has 0 atom stereocenters. The van der Waals surface area contributed by atoms with Crippen molar-refractivity contribution < 1.29 is 14.4 Å². The molecule has 29 heavy (non-hydrogen) atoms. The van der Waals surface area contributed by atoms with Crippen molar-refractivity contribution in [3.8, 4) is 5.69 Å². The Morgan fingerprint density at radius 2 is 1.93 bits per heavy atom. The lowest BCUT2D eigenvalue weighted by Gasteiger charge is -2.21. The van der Waals surface area contributed by atoms with Gasteiger partial charge in [0.15, 0.2) is 0 Å². The highest BCUT2D eigenvalue weighted by Gasteiger charge is 2.52. The molecule has 1 aromatic carbocycles. The Morgan fingerprint density at radius 3 is 2.66 bits per heavy atom. The largest absolute Gasteiger partial charge is 0.341 e. The van der Waals surface area contributed by atoms with E-state index in [1.807, 2.05) is 36.5 Å². The van der Waals surface area contributed by atoms with E-state index in [2.05, 4.69) is 10.4 Å². The van der Waals surface area contributed by atoms with E-state index in [-0.39, 0.29) is 30.8 Å². The summed E-state index contributed by atoms with van der Waals surface area (Å²) in [6.07, 6.45) is 6.99. The molecule has 2 aromatic rings. The van der Waals surface area contributed by atoms with Crippen LogP contribution in [-0.4, -0.2) is 56.6 Å². The van der Waals surface area contributed by atoms with Crippen molar-refractivity contribution in [1.29, 1.82) is 0 Å². The van der Waals surface area contributed by atoms with E-state index in [4.69, 9.17) is 0 Å². The number of imide groups is 1. The molecule has 4 amide bonds. The third-order valence-electron chi connectivity index (χ3n) is 5.75. The Labute approximate surface area is 169 Å². The second-order valence-corrected chi connectivity index (χ2v) is 7.80. The first kappa shape index (κ1) is 19.2. The first-order chi connectivity index (χ1) is 14.0. The number of benzene rings is 1. The van der Waals surface area contributed by atoms with Gasteiger partial charge in [-0.05, 0) is 25.0 Å². The van der Waals surface area contributed by atoms with E-state index in [9.17, 15) is 14.4 Å². The average molecular weight is 395 g/mol. The number of amides is 4. The Hall–Kier alpha value is -3.16. The van der Waals surface area contributed by atoms with Gasteiger partial charge >= 0.3 is 6.03 Å². The molecule has 4 rings (SSSR count). The van der Waals surface area contributed by atoms with Crippen LogP contribution in [0, 0.1) is 0 Å². The summed E-state index contributed by atoms with van der Waals surface area (Å²) in [6, 6.07) is 9.37. The highest BCUT2D eigenvalue weighted by molar-refractivity contribution is 6.07. The van der Waals surface area contributed by atoms with Crippen LogP contribution in [0.1, 0.15) is 37.7 Å². The summed E-state index contributed by atoms with van der Waals surface area (Å²) in [5, 5.41) is 7.18. The van der Waals surface area contributed by atoms with E-state index in [0.717, 1.165) is 24.1 Å². The summed E-state index contributed by atoms with van der Waals surface area (Å²) in [6.45, 7) is 0.522. The molecule has 1 aliphatic heterocycles. The van der Waals surface area contributed by atoms with Crippen LogP contribution in [0.5, 0.6) is 0 Å². The van der Waals surface area contributed by atoms with E-state index >= 15 is 0 Å². The maximum absolute atomic E-state index is 12.7. The fourth-order valence-corrected chi connectivity index (χ4v) is 4.12. The molecule has 1 aliphatic carbocycles. The van der Waals surface area contributed by atoms with Crippen molar-refractivity contribution >= 4 is 17.8 Å². The van der Waals surface area contributed by atoms with Gasteiger partial charge in [-0.2, -0.15) is 5.10 Å². The number of hydrogen-bond donors (Lipinski definition) is 1. The van der Waals surface area contributed by atoms with Crippen LogP contribution < -0.4 is 5.32 Å². The predicted molar refractivity (Wildman–Crippen MR) is 106 cm³/mol. The molecule has 0 radical (unpaired) electrons. The Morgan fingerprint density at radius 1 is 1.21 bits per heavy atom. The summed E-state index contributed by atoms with van der Waals surface area (Å²) in [7, 11) is 1.71. The second kappa shape index (κ2) is 7.69. The smallest absolute Gasteiger partial charge is 0.325 e. The third kappa shape index (κ3) is 3.74. The first-order valence-electron chi connectivity index (χ1n) is 9.96. The van der Waals surface area contributed by atoms with Gasteiger partial charge in [0.1, 0.15) is 5.54 Å². The standard InChI is InChI=1S/C21H25N5O3/c1-24(14-16-13-22-26(15-16)17-7-3-2-4-8-17)18(27)9-12-25-19(28)21(23-20(25)29)10-5-6-11-21/h2-4,7-8,13,15H,5-6,9-12,14H2,1H3,(H,23,29). The summed E-state index contributed by atoms with van der Waals surface area (Å²) < 4.78 is 1.77. The zero-order chi connectivity index (χ0) is 20.4. The number of urea groups is 1. The van der Waals surface area contributed by atoms with Crippen molar-refractivity contribution in [2.24, 2.45) is 0 Å². The van der Waals surface area contributed by atoms with Gasteiger partial charge in [0.25, 0.3) is 5.91 Å². The number of carbonyl (C=O) groups is 3. The van der Waals surface area contributed by atoms with Crippen molar-refractivity contribution in [2.75, 3.05) is 13.6 Å². The highest BCUT2D eigenvalue weighted by atomic mass is 16.2. The number of para-hydroxylation sites is 1. The lowest BCUT2D eigenvalue weighted by molar-refractivity contribution is -0.133. The van der Waals surface area contributed by atoms with Crippen molar-refractivity contribution in [3.63, 3.8) is 0 Å². The Bertz CT molecular complexity index is 917. The molecule has 1 saturated carbocycles. The molecule has 8 nitrogen and oxygen atoms in total. The van der Waals surface area contributed by atoms with Crippen molar-refractivity contribution in [3.05, 3.63) is 48.3 Å². The van der Waals surface area contributed by atoms with E-state index in [1.54, 1.807) is 22.8 Å². The SMILES string of the molecule is CN(Cc1cnn(-c2ccccc2)c1)C(=O)CCN1C(=O)NC2(CCCC2)C1=O. The number of rotatable bonds is 6. The number of nitrogens with one attached hydrogen (secondary N) is 1. The predicted octanol–water partition coefficient (Wildman–Crippen LogP) is 2.09. The van der Waals surface area contributed by atoms with Crippen LogP contribution in [0.3, 0.4) is 0 Å². The topological polar surface area (TPSA) is 87.5 Å². The van der Waals surface area contributed by atoms with Crippen molar-refractivity contribution in [2.45, 2.75) is 44.2 Å². The van der Waals surface area contributed by atoms with Crippen LogP contribution in [0.25, 0.3) is 5.69 Å². The van der Waals surface area contributed by atoms with Gasteiger partial charge in [-0.25, -0.2) is 9.48 Å². The van der Waals surface area contributed by atoms with Gasteiger partial charge in [-0.3, -0.25) is 14.5 Å². The van der Waals surface area contributed by atoms with E-state index < -0.39 is 5.54 Å². The first-order valence-corrected chi connectivity index (χ1v) is 9.96. The summed E-state index contributed by atoms with van der Waals surface area (Å²) in [4.78, 5) is 40.2. The molecule has 2 heterocycles. The summed E-state index contributed by atoms with van der Waals surface area (Å²) in [5.41, 5.74) is 1.13. The van der Waals surface area contributed by atoms with Gasteiger partial charge in [0.05, 0.1) is 11.9 Å². The van der Waals surface area contributed by atoms with Gasteiger partial charge in [-0.15, -0.1) is 0 Å². The maximum Gasteiger partial charge on any atom is 0.325 e. The fraction of sp³-hybridized carbons (Fsp3) is 0.429. The highest BCUT2D eigenvalue weighted by Crippen LogP contribution is 2.35. The fourth-order valence-electron chi connectivity index (χ4n) is 4.12. The summed E-state index contributed by atoms with van der Waals surface area (Å²) in [5.74, 6) is -0.301. The molecule has 8 heteroatoms. The molecular weight excluding hydrogens is 370 g/mol. The zero-order valence-electron chi connectivity index (χ0n) is 16.5. The van der Waals surface area contributed by atoms with Crippen LogP contribution in [-0.2, 0) is 16.1 Å². The van der Waals surface area contributed by atoms with Crippen LogP contribution >= 0.6 is 0 Å². The van der Waals surface area contributed by atoms with Crippen LogP contribution in [0.15, 0.2) is 42.7 Å². The molecule has 0 unspecified atom stereocenters. The van der Waals surface area contributed by atoms with E-state index in [0.29, 0.717) is 19.4 Å². The molecule has 1 N–H and O–H groups in total. The van der Waals surface area contributed by atoms with Gasteiger partial charge < -0.3 is 10.2 Å². The minimum atomic E-state index is -0.724. The van der Waals surface area contributed by atoms with Gasteiger partial charge in [0.2, 0.25) is 5.91 Å². The van der Waals surface area contributed by atoms with Crippen LogP contribution in [0.2, 0.25) is 0 Å². The molecule has 1 spiro atoms. The average Bonchev–Trinajstić information content (AvgIpc) is 3.43. The normalized spacial score (nSPS) is 17.8. The van der Waals surface area contributed by atoms with Crippen molar-refractivity contribution in [1.82, 2.24) is 24.9 Å². The van der Waals surface area contributed by atoms with E-state index in [1.165, 1.54) is 4.90 Å². The number of aromatic nitrogens is 2. The zero-order valence-corrected chi connectivity index (χ0v) is 16.5. The number of nitrogens with zero attached hydrogens (tertiary/aromatic N) is 4. The molecule has 0 bridgehead atoms. The maximum atomic E-state index is 12.7.